The Balaban J connectivity index is 2.90. The van der Waals surface area contributed by atoms with Crippen molar-refractivity contribution < 1.29 is 14.6 Å². The minimum Gasteiger partial charge on any atom is -0.494 e. The lowest BCUT2D eigenvalue weighted by molar-refractivity contribution is 0.235. The molecule has 0 spiro atoms. The second-order valence-electron chi connectivity index (χ2n) is 6.50. The van der Waals surface area contributed by atoms with Crippen LogP contribution in [0.3, 0.4) is 0 Å². The average Bonchev–Trinajstić information content (AvgIpc) is 2.44. The Morgan fingerprint density at radius 1 is 1.14 bits per heavy atom. The molecule has 2 rings (SSSR count). The number of rotatable bonds is 4. The van der Waals surface area contributed by atoms with Gasteiger partial charge in [0.15, 0.2) is 5.43 Å². The molecule has 0 atom stereocenters. The van der Waals surface area contributed by atoms with Crippen molar-refractivity contribution in [3.8, 4) is 22.8 Å². The third-order valence-corrected chi connectivity index (χ3v) is 3.48. The maximum atomic E-state index is 11.7. The number of methoxy groups -OCH3 is 2. The fraction of sp³-hybridized carbons (Fsp3) is 0.471. The zero-order valence-corrected chi connectivity index (χ0v) is 13.8. The lowest BCUT2D eigenvalue weighted by Gasteiger charge is -2.29. The number of hydrogen-bond acceptors (Lipinski definition) is 4. The largest absolute Gasteiger partial charge is 0.494 e. The monoisotopic (exact) mass is 305 g/mol. The lowest BCUT2D eigenvalue weighted by atomic mass is 9.95. The molecule has 0 saturated carbocycles. The van der Waals surface area contributed by atoms with Crippen LogP contribution in [0.4, 0.5) is 0 Å². The van der Waals surface area contributed by atoms with E-state index in [1.165, 1.54) is 12.1 Å². The fourth-order valence-corrected chi connectivity index (χ4v) is 2.69. The van der Waals surface area contributed by atoms with Gasteiger partial charge in [-0.15, -0.1) is 0 Å². The van der Waals surface area contributed by atoms with Crippen LogP contribution in [-0.2, 0) is 13.2 Å². The molecule has 2 aliphatic rings. The highest BCUT2D eigenvalue weighted by atomic mass is 16.5. The summed E-state index contributed by atoms with van der Waals surface area (Å²) in [4.78, 5) is 11.7. The molecule has 5 heteroatoms. The Morgan fingerprint density at radius 3 is 2.32 bits per heavy atom. The van der Waals surface area contributed by atoms with Crippen molar-refractivity contribution in [1.82, 2.24) is 4.57 Å². The Bertz CT molecular complexity index is 697. The van der Waals surface area contributed by atoms with Gasteiger partial charge in [-0.1, -0.05) is 20.8 Å². The molecule has 5 nitrogen and oxygen atoms in total. The Hall–Kier alpha value is -2.01. The summed E-state index contributed by atoms with van der Waals surface area (Å²) in [5.74, 6) is 1.13. The summed E-state index contributed by atoms with van der Waals surface area (Å²) in [5.41, 5.74) is 1.93. The van der Waals surface area contributed by atoms with Gasteiger partial charge in [0.05, 0.1) is 26.5 Å². The molecule has 0 aromatic rings. The number of fused-ring (bicyclic) bond motifs is 1. The molecule has 0 bridgehead atoms. The quantitative estimate of drug-likeness (QED) is 0.943. The molecule has 0 aromatic heterocycles. The Labute approximate surface area is 130 Å². The van der Waals surface area contributed by atoms with E-state index in [0.717, 1.165) is 5.56 Å². The molecule has 0 unspecified atom stereocenters. The first kappa shape index (κ1) is 16.4. The fourth-order valence-electron chi connectivity index (χ4n) is 2.69. The number of benzene rings is 1. The highest BCUT2D eigenvalue weighted by Crippen LogP contribution is 2.42. The number of aliphatic hydroxyl groups excluding tert-OH is 1. The number of aliphatic hydroxyl groups is 1. The molecular weight excluding hydrogens is 282 g/mol. The minimum atomic E-state index is -0.200. The molecular formula is C17H23NO4. The van der Waals surface area contributed by atoms with E-state index in [1.54, 1.807) is 20.3 Å². The van der Waals surface area contributed by atoms with Crippen LogP contribution in [0.15, 0.2) is 23.0 Å². The van der Waals surface area contributed by atoms with Crippen LogP contribution in [0.1, 0.15) is 26.5 Å². The van der Waals surface area contributed by atoms with E-state index in [9.17, 15) is 9.90 Å². The smallest absolute Gasteiger partial charge is 0.201 e. The molecule has 1 heterocycles. The second kappa shape index (κ2) is 6.01. The van der Waals surface area contributed by atoms with Crippen molar-refractivity contribution in [2.75, 3.05) is 14.2 Å². The van der Waals surface area contributed by atoms with Gasteiger partial charge in [0, 0.05) is 17.7 Å². The summed E-state index contributed by atoms with van der Waals surface area (Å²) >= 11 is 0. The zero-order valence-electron chi connectivity index (χ0n) is 13.8. The van der Waals surface area contributed by atoms with Crippen molar-refractivity contribution >= 4 is 0 Å². The standard InChI is InChI=1S/C17H23NO4/c1-17(2,3)10-18-14(9-19)15(21-4)13-8-11(20)6-7-12(13)16(18)22-5/h6-8,19H,9-10H2,1-5H3. The SMILES string of the molecule is COc1c2cc(=O)ccc-2c(OC)n(CC(C)(C)C)c1CO. The van der Waals surface area contributed by atoms with E-state index in [1.807, 2.05) is 4.57 Å². The molecule has 120 valence electrons. The predicted molar refractivity (Wildman–Crippen MR) is 85.8 cm³/mol. The van der Waals surface area contributed by atoms with E-state index in [0.29, 0.717) is 29.4 Å². The summed E-state index contributed by atoms with van der Waals surface area (Å²) in [6.45, 7) is 6.78. The highest BCUT2D eigenvalue weighted by molar-refractivity contribution is 5.77. The van der Waals surface area contributed by atoms with Gasteiger partial charge in [-0.05, 0) is 23.6 Å². The normalized spacial score (nSPS) is 11.7. The van der Waals surface area contributed by atoms with Crippen molar-refractivity contribution in [3.05, 3.63) is 34.1 Å². The molecule has 0 amide bonds. The lowest BCUT2D eigenvalue weighted by Crippen LogP contribution is -2.22. The third-order valence-electron chi connectivity index (χ3n) is 3.48. The maximum absolute atomic E-state index is 11.7. The van der Waals surface area contributed by atoms with Gasteiger partial charge >= 0.3 is 0 Å². The minimum absolute atomic E-state index is 0.0149. The van der Waals surface area contributed by atoms with Crippen molar-refractivity contribution in [2.45, 2.75) is 33.9 Å². The topological polar surface area (TPSA) is 60.7 Å². The summed E-state index contributed by atoms with van der Waals surface area (Å²) < 4.78 is 13.0. The van der Waals surface area contributed by atoms with Crippen molar-refractivity contribution in [2.24, 2.45) is 5.41 Å². The van der Waals surface area contributed by atoms with Gasteiger partial charge in [-0.25, -0.2) is 0 Å². The van der Waals surface area contributed by atoms with Gasteiger partial charge < -0.3 is 19.1 Å². The van der Waals surface area contributed by atoms with Crippen molar-refractivity contribution in [3.63, 3.8) is 0 Å². The van der Waals surface area contributed by atoms with Crippen LogP contribution in [0.2, 0.25) is 0 Å². The Kier molecular flexibility index (Phi) is 4.47. The van der Waals surface area contributed by atoms with Gasteiger partial charge in [-0.3, -0.25) is 4.79 Å². The van der Waals surface area contributed by atoms with Gasteiger partial charge in [-0.2, -0.15) is 0 Å². The first-order valence-corrected chi connectivity index (χ1v) is 7.20. The zero-order chi connectivity index (χ0) is 16.5. The van der Waals surface area contributed by atoms with Crippen LogP contribution < -0.4 is 14.9 Å². The number of aromatic nitrogens is 1. The summed E-state index contributed by atoms with van der Waals surface area (Å²) in [5, 5.41) is 9.84. The third kappa shape index (κ3) is 2.95. The van der Waals surface area contributed by atoms with Crippen LogP contribution >= 0.6 is 0 Å². The molecule has 1 N–H and O–H groups in total. The molecule has 0 fully saturated rings. The van der Waals surface area contributed by atoms with E-state index in [4.69, 9.17) is 9.47 Å². The molecule has 22 heavy (non-hydrogen) atoms. The van der Waals surface area contributed by atoms with Gasteiger partial charge in [0.2, 0.25) is 5.88 Å². The van der Waals surface area contributed by atoms with Gasteiger partial charge in [0.25, 0.3) is 0 Å². The average molecular weight is 305 g/mol. The van der Waals surface area contributed by atoms with Crippen LogP contribution in [0.5, 0.6) is 11.6 Å². The second-order valence-corrected chi connectivity index (χ2v) is 6.50. The number of hydrogen-bond donors (Lipinski definition) is 1. The first-order valence-electron chi connectivity index (χ1n) is 7.20. The van der Waals surface area contributed by atoms with Crippen LogP contribution in [0.25, 0.3) is 11.1 Å². The summed E-state index contributed by atoms with van der Waals surface area (Å²) in [6, 6.07) is 4.75. The van der Waals surface area contributed by atoms with Gasteiger partial charge in [0.1, 0.15) is 5.75 Å². The van der Waals surface area contributed by atoms with E-state index in [-0.39, 0.29) is 17.5 Å². The molecule has 1 aliphatic heterocycles. The molecule has 0 saturated heterocycles. The van der Waals surface area contributed by atoms with Crippen LogP contribution in [0, 0.1) is 5.41 Å². The van der Waals surface area contributed by atoms with Crippen LogP contribution in [-0.4, -0.2) is 23.9 Å². The number of pyridine rings is 1. The number of ether oxygens (including phenoxy) is 2. The molecule has 0 radical (unpaired) electrons. The molecule has 0 aromatic carbocycles. The summed E-state index contributed by atoms with van der Waals surface area (Å²) in [6.07, 6.45) is 0. The predicted octanol–water partition coefficient (Wildman–Crippen LogP) is 2.51. The highest BCUT2D eigenvalue weighted by Gasteiger charge is 2.26. The first-order chi connectivity index (χ1) is 10.3. The van der Waals surface area contributed by atoms with E-state index < -0.39 is 0 Å². The van der Waals surface area contributed by atoms with E-state index >= 15 is 0 Å². The maximum Gasteiger partial charge on any atom is 0.201 e. The number of nitrogens with zero attached hydrogens (tertiary/aromatic N) is 1. The Morgan fingerprint density at radius 2 is 1.82 bits per heavy atom. The summed E-state index contributed by atoms with van der Waals surface area (Å²) in [7, 11) is 3.13. The van der Waals surface area contributed by atoms with E-state index in [2.05, 4.69) is 20.8 Å². The van der Waals surface area contributed by atoms with Crippen molar-refractivity contribution in [1.29, 1.82) is 0 Å². The molecule has 1 aliphatic carbocycles.